The van der Waals surface area contributed by atoms with Gasteiger partial charge in [-0.3, -0.25) is 24.5 Å². The summed E-state index contributed by atoms with van der Waals surface area (Å²) in [5.74, 6) is -0.0954. The van der Waals surface area contributed by atoms with Crippen molar-refractivity contribution in [1.29, 1.82) is 5.26 Å². The molecule has 1 aromatic carbocycles. The second-order valence-electron chi connectivity index (χ2n) is 15.0. The van der Waals surface area contributed by atoms with Crippen molar-refractivity contribution in [2.24, 2.45) is 0 Å². The first kappa shape index (κ1) is 35.8. The largest absolute Gasteiger partial charge is 0.378 e. The van der Waals surface area contributed by atoms with E-state index in [0.29, 0.717) is 59.5 Å². The standard InChI is InChI=1S/C40H43FN12O3/c41-32-19-29(46-33-7-10-37(54)48-40(33)55)2-8-35(32)50-13-11-49(12-14-50)30-3-5-31(6-4-30)52-24-28(23-44-52)34-25-53-39(27(20-42)22-45-53)38(47-34)26-1-9-36(43-21-26)51-15-17-56-18-16-51/h1-2,8-9,19,21-25,30-31,33,46H,3-7,10-18H2,(H,48,54,55). The highest BCUT2D eigenvalue weighted by molar-refractivity contribution is 6.01. The van der Waals surface area contributed by atoms with E-state index in [9.17, 15) is 14.9 Å². The second kappa shape index (κ2) is 15.3. The Balaban J connectivity index is 0.821. The molecular weight excluding hydrogens is 716 g/mol. The number of carbonyl (C=O) groups is 2. The van der Waals surface area contributed by atoms with Gasteiger partial charge in [-0.1, -0.05) is 0 Å². The van der Waals surface area contributed by atoms with E-state index in [1.165, 1.54) is 6.07 Å². The molecule has 9 rings (SSSR count). The fraction of sp³-hybridized carbons (Fsp3) is 0.425. The zero-order valence-corrected chi connectivity index (χ0v) is 31.0. The molecule has 7 heterocycles. The fourth-order valence-electron chi connectivity index (χ4n) is 8.51. The molecular formula is C40H43FN12O3. The van der Waals surface area contributed by atoms with Gasteiger partial charge in [-0.15, -0.1) is 0 Å². The van der Waals surface area contributed by atoms with E-state index in [1.807, 2.05) is 30.7 Å². The van der Waals surface area contributed by atoms with Crippen molar-refractivity contribution >= 4 is 34.5 Å². The predicted octanol–water partition coefficient (Wildman–Crippen LogP) is 4.03. The van der Waals surface area contributed by atoms with Crippen LogP contribution >= 0.6 is 0 Å². The van der Waals surface area contributed by atoms with Gasteiger partial charge in [0.15, 0.2) is 0 Å². The van der Waals surface area contributed by atoms with Crippen LogP contribution in [0.5, 0.6) is 0 Å². The van der Waals surface area contributed by atoms with Gasteiger partial charge in [0, 0.05) is 80.9 Å². The number of nitrogens with one attached hydrogen (secondary N) is 2. The highest BCUT2D eigenvalue weighted by Crippen LogP contribution is 2.34. The lowest BCUT2D eigenvalue weighted by molar-refractivity contribution is -0.133. The van der Waals surface area contributed by atoms with Gasteiger partial charge in [-0.25, -0.2) is 18.9 Å². The molecule has 1 atom stereocenters. The van der Waals surface area contributed by atoms with Gasteiger partial charge in [0.05, 0.1) is 54.9 Å². The number of fused-ring (bicyclic) bond motifs is 1. The van der Waals surface area contributed by atoms with E-state index in [0.717, 1.165) is 81.9 Å². The minimum absolute atomic E-state index is 0.264. The molecule has 16 heteroatoms. The average molecular weight is 759 g/mol. The summed E-state index contributed by atoms with van der Waals surface area (Å²) in [7, 11) is 0. The Hall–Kier alpha value is -5.92. The maximum Gasteiger partial charge on any atom is 0.249 e. The predicted molar refractivity (Wildman–Crippen MR) is 206 cm³/mol. The molecule has 56 heavy (non-hydrogen) atoms. The Bertz CT molecular complexity index is 2280. The summed E-state index contributed by atoms with van der Waals surface area (Å²) < 4.78 is 24.6. The van der Waals surface area contributed by atoms with Gasteiger partial charge in [0.1, 0.15) is 34.8 Å². The molecule has 1 saturated carbocycles. The van der Waals surface area contributed by atoms with E-state index in [1.54, 1.807) is 22.8 Å². The molecule has 0 radical (unpaired) electrons. The van der Waals surface area contributed by atoms with Crippen LogP contribution in [0.1, 0.15) is 50.1 Å². The zero-order valence-electron chi connectivity index (χ0n) is 31.0. The summed E-state index contributed by atoms with van der Waals surface area (Å²) in [4.78, 5) is 40.2. The molecule has 0 bridgehead atoms. The number of carbonyl (C=O) groups excluding carboxylic acids is 2. The van der Waals surface area contributed by atoms with Crippen molar-refractivity contribution in [1.82, 2.24) is 39.6 Å². The van der Waals surface area contributed by atoms with Crippen LogP contribution in [0.3, 0.4) is 0 Å². The van der Waals surface area contributed by atoms with Crippen molar-refractivity contribution in [3.8, 4) is 28.6 Å². The number of halogens is 1. The molecule has 4 aromatic heterocycles. The number of anilines is 3. The lowest BCUT2D eigenvalue weighted by atomic mass is 9.90. The monoisotopic (exact) mass is 758 g/mol. The number of imide groups is 1. The maximum absolute atomic E-state index is 15.3. The van der Waals surface area contributed by atoms with Gasteiger partial charge in [0.2, 0.25) is 11.8 Å². The number of nitriles is 1. The summed E-state index contributed by atoms with van der Waals surface area (Å²) >= 11 is 0. The number of benzene rings is 1. The number of rotatable bonds is 8. The average Bonchev–Trinajstić information content (AvgIpc) is 3.91. The minimum Gasteiger partial charge on any atom is -0.378 e. The first-order chi connectivity index (χ1) is 27.4. The van der Waals surface area contributed by atoms with E-state index in [2.05, 4.69) is 47.4 Å². The van der Waals surface area contributed by atoms with Crippen LogP contribution in [0.25, 0.3) is 28.0 Å². The van der Waals surface area contributed by atoms with E-state index in [-0.39, 0.29) is 30.1 Å². The number of pyridine rings is 1. The fourth-order valence-corrected chi connectivity index (χ4v) is 8.51. The Morgan fingerprint density at radius 1 is 0.857 bits per heavy atom. The van der Waals surface area contributed by atoms with Crippen molar-refractivity contribution in [3.05, 3.63) is 72.7 Å². The van der Waals surface area contributed by atoms with Crippen LogP contribution < -0.4 is 20.4 Å². The molecule has 2 N–H and O–H groups in total. The van der Waals surface area contributed by atoms with Gasteiger partial charge in [0.25, 0.3) is 0 Å². The highest BCUT2D eigenvalue weighted by atomic mass is 19.1. The zero-order chi connectivity index (χ0) is 38.2. The molecule has 1 aliphatic carbocycles. The number of amides is 2. The molecule has 4 aliphatic rings. The Morgan fingerprint density at radius 3 is 2.39 bits per heavy atom. The lowest BCUT2D eigenvalue weighted by Gasteiger charge is -2.42. The normalized spacial score (nSPS) is 22.2. The maximum atomic E-state index is 15.3. The molecule has 288 valence electrons. The minimum atomic E-state index is -0.553. The third kappa shape index (κ3) is 7.15. The molecule has 4 fully saturated rings. The van der Waals surface area contributed by atoms with Gasteiger partial charge >= 0.3 is 0 Å². The number of aromatic nitrogens is 6. The van der Waals surface area contributed by atoms with E-state index < -0.39 is 6.04 Å². The van der Waals surface area contributed by atoms with Crippen molar-refractivity contribution in [3.63, 3.8) is 0 Å². The summed E-state index contributed by atoms with van der Waals surface area (Å²) in [5.41, 5.74) is 5.23. The summed E-state index contributed by atoms with van der Waals surface area (Å²) in [6.07, 6.45) is 13.9. The number of ether oxygens (including phenoxy) is 1. The third-order valence-corrected chi connectivity index (χ3v) is 11.6. The van der Waals surface area contributed by atoms with Crippen molar-refractivity contribution in [2.45, 2.75) is 56.7 Å². The van der Waals surface area contributed by atoms with Gasteiger partial charge in [-0.2, -0.15) is 15.5 Å². The van der Waals surface area contributed by atoms with E-state index >= 15 is 4.39 Å². The van der Waals surface area contributed by atoms with Crippen LogP contribution in [-0.2, 0) is 14.3 Å². The summed E-state index contributed by atoms with van der Waals surface area (Å²) in [6, 6.07) is 11.5. The first-order valence-corrected chi connectivity index (χ1v) is 19.4. The van der Waals surface area contributed by atoms with Crippen LogP contribution in [0.2, 0.25) is 0 Å². The Morgan fingerprint density at radius 2 is 1.66 bits per heavy atom. The highest BCUT2D eigenvalue weighted by Gasteiger charge is 2.31. The summed E-state index contributed by atoms with van der Waals surface area (Å²) in [6.45, 7) is 6.14. The number of nitrogens with zero attached hydrogens (tertiary/aromatic N) is 10. The van der Waals surface area contributed by atoms with Crippen LogP contribution in [0.4, 0.5) is 21.6 Å². The first-order valence-electron chi connectivity index (χ1n) is 19.4. The lowest BCUT2D eigenvalue weighted by Crippen LogP contribution is -2.51. The SMILES string of the molecule is N#Cc1cnn2cc(-c3cnn(C4CCC(N5CCN(c6ccc(NC7CCC(=O)NC7=O)cc6F)CC5)CC4)c3)nc(-c3ccc(N4CCOCC4)nc3)c12. The van der Waals surface area contributed by atoms with E-state index in [4.69, 9.17) is 19.8 Å². The smallest absolute Gasteiger partial charge is 0.249 e. The number of hydrogen-bond donors (Lipinski definition) is 2. The Kier molecular flexibility index (Phi) is 9.78. The molecule has 3 saturated heterocycles. The second-order valence-corrected chi connectivity index (χ2v) is 15.0. The van der Waals surface area contributed by atoms with Crippen LogP contribution in [0, 0.1) is 17.1 Å². The number of piperazine rings is 1. The molecule has 3 aliphatic heterocycles. The van der Waals surface area contributed by atoms with Crippen LogP contribution in [0.15, 0.2) is 61.3 Å². The summed E-state index contributed by atoms with van der Waals surface area (Å²) in [5, 5.41) is 24.5. The molecule has 0 spiro atoms. The number of hydrogen-bond acceptors (Lipinski definition) is 12. The quantitative estimate of drug-likeness (QED) is 0.219. The van der Waals surface area contributed by atoms with Crippen molar-refractivity contribution < 1.29 is 18.7 Å². The van der Waals surface area contributed by atoms with Gasteiger partial charge in [-0.05, 0) is 62.4 Å². The number of morpholine rings is 1. The third-order valence-electron chi connectivity index (χ3n) is 11.6. The van der Waals surface area contributed by atoms with Crippen LogP contribution in [-0.4, -0.2) is 111 Å². The molecule has 15 nitrogen and oxygen atoms in total. The molecule has 5 aromatic rings. The Labute approximate surface area is 323 Å². The van der Waals surface area contributed by atoms with Gasteiger partial charge < -0.3 is 19.9 Å². The van der Waals surface area contributed by atoms with Crippen molar-refractivity contribution in [2.75, 3.05) is 67.6 Å². The number of piperidine rings is 1. The molecule has 1 unspecified atom stereocenters. The molecule has 2 amide bonds. The topological polar surface area (TPSA) is 162 Å².